The van der Waals surface area contributed by atoms with Gasteiger partial charge in [-0.15, -0.1) is 0 Å². The minimum Gasteiger partial charge on any atom is -0.325 e. The molecule has 1 aliphatic rings. The van der Waals surface area contributed by atoms with Gasteiger partial charge in [-0.25, -0.2) is 0 Å². The monoisotopic (exact) mass is 274 g/mol. The Kier molecular flexibility index (Phi) is 5.18. The van der Waals surface area contributed by atoms with Crippen molar-refractivity contribution in [2.45, 2.75) is 52.5 Å². The zero-order valence-corrected chi connectivity index (χ0v) is 12.9. The van der Waals surface area contributed by atoms with E-state index in [1.54, 1.807) is 0 Å². The van der Waals surface area contributed by atoms with Crippen molar-refractivity contribution in [3.8, 4) is 0 Å². The third-order valence-corrected chi connectivity index (χ3v) is 4.36. The van der Waals surface area contributed by atoms with E-state index in [4.69, 9.17) is 0 Å². The molecule has 3 heteroatoms. The third-order valence-electron chi connectivity index (χ3n) is 4.36. The first kappa shape index (κ1) is 15.0. The van der Waals surface area contributed by atoms with Crippen molar-refractivity contribution in [2.24, 2.45) is 0 Å². The Morgan fingerprint density at radius 1 is 1.30 bits per heavy atom. The summed E-state index contributed by atoms with van der Waals surface area (Å²) in [5.41, 5.74) is 3.38. The van der Waals surface area contributed by atoms with E-state index in [1.807, 2.05) is 12.1 Å². The molecule has 110 valence electrons. The second-order valence-electron chi connectivity index (χ2n) is 5.88. The van der Waals surface area contributed by atoms with Gasteiger partial charge in [0.25, 0.3) is 0 Å². The number of likely N-dealkylation sites (tertiary alicyclic amines) is 1. The summed E-state index contributed by atoms with van der Waals surface area (Å²) in [7, 11) is 0. The van der Waals surface area contributed by atoms with Crippen molar-refractivity contribution < 1.29 is 4.79 Å². The van der Waals surface area contributed by atoms with Gasteiger partial charge < -0.3 is 5.32 Å². The third kappa shape index (κ3) is 3.83. The lowest BCUT2D eigenvalue weighted by molar-refractivity contribution is -0.118. The number of anilines is 1. The SMILES string of the molecule is CCC1CCCCN1CC(=O)Nc1ccc(C)c(C)c1. The molecule has 20 heavy (non-hydrogen) atoms. The molecule has 1 N–H and O–H groups in total. The van der Waals surface area contributed by atoms with Gasteiger partial charge in [0.2, 0.25) is 5.91 Å². The average Bonchev–Trinajstić information content (AvgIpc) is 2.43. The highest BCUT2D eigenvalue weighted by atomic mass is 16.2. The van der Waals surface area contributed by atoms with Gasteiger partial charge in [0, 0.05) is 11.7 Å². The molecule has 1 fully saturated rings. The van der Waals surface area contributed by atoms with Crippen molar-refractivity contribution in [1.29, 1.82) is 0 Å². The van der Waals surface area contributed by atoms with Crippen LogP contribution in [0.3, 0.4) is 0 Å². The number of nitrogens with one attached hydrogen (secondary N) is 1. The highest BCUT2D eigenvalue weighted by Gasteiger charge is 2.22. The van der Waals surface area contributed by atoms with Crippen LogP contribution in [0.15, 0.2) is 18.2 Å². The van der Waals surface area contributed by atoms with Crippen molar-refractivity contribution >= 4 is 11.6 Å². The Labute approximate surface area is 122 Å². The molecule has 0 saturated carbocycles. The standard InChI is InChI=1S/C17H26N2O/c1-4-16-7-5-6-10-19(16)12-17(20)18-15-9-8-13(2)14(3)11-15/h8-9,11,16H,4-7,10,12H2,1-3H3,(H,18,20). The van der Waals surface area contributed by atoms with E-state index < -0.39 is 0 Å². The van der Waals surface area contributed by atoms with Gasteiger partial charge in [0.05, 0.1) is 6.54 Å². The lowest BCUT2D eigenvalue weighted by Gasteiger charge is -2.34. The molecule has 0 bridgehead atoms. The first-order chi connectivity index (χ1) is 9.60. The lowest BCUT2D eigenvalue weighted by Crippen LogP contribution is -2.43. The lowest BCUT2D eigenvalue weighted by atomic mass is 10.00. The first-order valence-corrected chi connectivity index (χ1v) is 7.71. The summed E-state index contributed by atoms with van der Waals surface area (Å²) in [6, 6.07) is 6.66. The minimum absolute atomic E-state index is 0.105. The Hall–Kier alpha value is -1.35. The van der Waals surface area contributed by atoms with Crippen LogP contribution < -0.4 is 5.32 Å². The van der Waals surface area contributed by atoms with Crippen molar-refractivity contribution in [3.63, 3.8) is 0 Å². The number of nitrogens with zero attached hydrogens (tertiary/aromatic N) is 1. The first-order valence-electron chi connectivity index (χ1n) is 7.71. The Morgan fingerprint density at radius 2 is 2.10 bits per heavy atom. The summed E-state index contributed by atoms with van der Waals surface area (Å²) in [4.78, 5) is 14.5. The molecular formula is C17H26N2O. The van der Waals surface area contributed by atoms with Crippen LogP contribution in [0.5, 0.6) is 0 Å². The van der Waals surface area contributed by atoms with E-state index in [0.29, 0.717) is 12.6 Å². The Morgan fingerprint density at radius 3 is 2.80 bits per heavy atom. The van der Waals surface area contributed by atoms with Crippen molar-refractivity contribution in [2.75, 3.05) is 18.4 Å². The van der Waals surface area contributed by atoms with E-state index in [9.17, 15) is 4.79 Å². The highest BCUT2D eigenvalue weighted by molar-refractivity contribution is 5.92. The van der Waals surface area contributed by atoms with Gasteiger partial charge in [-0.3, -0.25) is 9.69 Å². The minimum atomic E-state index is 0.105. The van der Waals surface area contributed by atoms with E-state index in [2.05, 4.69) is 37.1 Å². The summed E-state index contributed by atoms with van der Waals surface area (Å²) >= 11 is 0. The van der Waals surface area contributed by atoms with E-state index in [0.717, 1.165) is 18.7 Å². The van der Waals surface area contributed by atoms with E-state index in [-0.39, 0.29) is 5.91 Å². The molecule has 1 aliphatic heterocycles. The van der Waals surface area contributed by atoms with Crippen LogP contribution in [0.4, 0.5) is 5.69 Å². The zero-order chi connectivity index (χ0) is 14.5. The maximum Gasteiger partial charge on any atom is 0.238 e. The fourth-order valence-electron chi connectivity index (χ4n) is 2.93. The molecule has 3 nitrogen and oxygen atoms in total. The van der Waals surface area contributed by atoms with Crippen LogP contribution in [0.1, 0.15) is 43.7 Å². The largest absolute Gasteiger partial charge is 0.325 e. The van der Waals surface area contributed by atoms with E-state index >= 15 is 0 Å². The molecule has 0 spiro atoms. The number of rotatable bonds is 4. The topological polar surface area (TPSA) is 32.3 Å². The molecule has 1 aromatic rings. The maximum atomic E-state index is 12.2. The van der Waals surface area contributed by atoms with Crippen LogP contribution in [0, 0.1) is 13.8 Å². The van der Waals surface area contributed by atoms with Gasteiger partial charge in [-0.2, -0.15) is 0 Å². The number of carbonyl (C=O) groups excluding carboxylic acids is 1. The summed E-state index contributed by atoms with van der Waals surface area (Å²) in [6.07, 6.45) is 4.88. The van der Waals surface area contributed by atoms with Crippen LogP contribution in [0.2, 0.25) is 0 Å². The second kappa shape index (κ2) is 6.89. The van der Waals surface area contributed by atoms with Crippen LogP contribution in [-0.4, -0.2) is 29.9 Å². The molecular weight excluding hydrogens is 248 g/mol. The van der Waals surface area contributed by atoms with Gasteiger partial charge in [-0.05, 0) is 62.9 Å². The fourth-order valence-corrected chi connectivity index (χ4v) is 2.93. The maximum absolute atomic E-state index is 12.2. The normalized spacial score (nSPS) is 19.9. The van der Waals surface area contributed by atoms with Crippen molar-refractivity contribution in [1.82, 2.24) is 4.90 Å². The Balaban J connectivity index is 1.92. The predicted molar refractivity (Wildman–Crippen MR) is 84.0 cm³/mol. The van der Waals surface area contributed by atoms with Crippen LogP contribution >= 0.6 is 0 Å². The number of hydrogen-bond acceptors (Lipinski definition) is 2. The van der Waals surface area contributed by atoms with Gasteiger partial charge in [0.15, 0.2) is 0 Å². The van der Waals surface area contributed by atoms with Gasteiger partial charge in [0.1, 0.15) is 0 Å². The van der Waals surface area contributed by atoms with Crippen LogP contribution in [-0.2, 0) is 4.79 Å². The molecule has 1 aromatic carbocycles. The fraction of sp³-hybridized carbons (Fsp3) is 0.588. The molecule has 1 heterocycles. The summed E-state index contributed by atoms with van der Waals surface area (Å²) in [5.74, 6) is 0.105. The predicted octanol–water partition coefficient (Wildman–Crippen LogP) is 3.51. The highest BCUT2D eigenvalue weighted by Crippen LogP contribution is 2.19. The smallest absolute Gasteiger partial charge is 0.238 e. The molecule has 0 radical (unpaired) electrons. The molecule has 2 rings (SSSR count). The van der Waals surface area contributed by atoms with E-state index in [1.165, 1.54) is 30.4 Å². The summed E-state index contributed by atoms with van der Waals surface area (Å²) in [6.45, 7) is 7.94. The molecule has 1 atom stereocenters. The van der Waals surface area contributed by atoms with Crippen molar-refractivity contribution in [3.05, 3.63) is 29.3 Å². The van der Waals surface area contributed by atoms with Crippen LogP contribution in [0.25, 0.3) is 0 Å². The molecule has 0 aliphatic carbocycles. The molecule has 1 amide bonds. The number of aryl methyl sites for hydroxylation is 2. The zero-order valence-electron chi connectivity index (χ0n) is 12.9. The number of benzene rings is 1. The molecule has 1 saturated heterocycles. The second-order valence-corrected chi connectivity index (χ2v) is 5.88. The summed E-state index contributed by atoms with van der Waals surface area (Å²) in [5, 5.41) is 3.02. The number of piperidine rings is 1. The van der Waals surface area contributed by atoms with Gasteiger partial charge in [-0.1, -0.05) is 19.4 Å². The molecule has 0 aromatic heterocycles. The number of hydrogen-bond donors (Lipinski definition) is 1. The quantitative estimate of drug-likeness (QED) is 0.911. The summed E-state index contributed by atoms with van der Waals surface area (Å²) < 4.78 is 0. The molecule has 1 unspecified atom stereocenters. The Bertz CT molecular complexity index is 470. The number of carbonyl (C=O) groups is 1. The average molecular weight is 274 g/mol. The number of amides is 1. The van der Waals surface area contributed by atoms with Gasteiger partial charge >= 0.3 is 0 Å².